The van der Waals surface area contributed by atoms with E-state index in [0.717, 1.165) is 5.56 Å². The average molecular weight is 349 g/mol. The van der Waals surface area contributed by atoms with Gasteiger partial charge in [-0.25, -0.2) is 4.79 Å². The number of carbonyl (C=O) groups is 1. The molecule has 3 nitrogen and oxygen atoms in total. The van der Waals surface area contributed by atoms with Gasteiger partial charge >= 0.3 is 5.97 Å². The molecule has 0 unspecified atom stereocenters. The van der Waals surface area contributed by atoms with Gasteiger partial charge < -0.3 is 9.84 Å². The van der Waals surface area contributed by atoms with Gasteiger partial charge in [0.05, 0.1) is 4.47 Å². The molecule has 0 amide bonds. The third-order valence-corrected chi connectivity index (χ3v) is 3.85. The summed E-state index contributed by atoms with van der Waals surface area (Å²) in [6, 6.07) is 13.1. The zero-order chi connectivity index (χ0) is 15.4. The van der Waals surface area contributed by atoms with Crippen molar-refractivity contribution in [2.75, 3.05) is 0 Å². The molecule has 2 aromatic rings. The fourth-order valence-corrected chi connectivity index (χ4v) is 2.46. The summed E-state index contributed by atoms with van der Waals surface area (Å²) in [5, 5.41) is 9.18. The summed E-state index contributed by atoms with van der Waals surface area (Å²) in [4.78, 5) is 11.2. The van der Waals surface area contributed by atoms with Gasteiger partial charge in [0, 0.05) is 0 Å². The Morgan fingerprint density at radius 2 is 1.86 bits per heavy atom. The molecule has 0 atom stereocenters. The monoisotopic (exact) mass is 348 g/mol. The molecule has 0 aliphatic heterocycles. The number of ether oxygens (including phenoxy) is 1. The first kappa shape index (κ1) is 15.6. The normalized spacial score (nSPS) is 10.7. The molecule has 0 radical (unpaired) electrons. The van der Waals surface area contributed by atoms with Gasteiger partial charge in [0.2, 0.25) is 0 Å². The number of aromatic carboxylic acids is 1. The molecule has 4 heteroatoms. The smallest absolute Gasteiger partial charge is 0.339 e. The quantitative estimate of drug-likeness (QED) is 0.839. The maximum absolute atomic E-state index is 11.2. The Labute approximate surface area is 132 Å². The molecule has 0 heterocycles. The van der Waals surface area contributed by atoms with Crippen LogP contribution in [0, 0.1) is 0 Å². The average Bonchev–Trinajstić information content (AvgIpc) is 2.46. The lowest BCUT2D eigenvalue weighted by atomic mass is 10.0. The summed E-state index contributed by atoms with van der Waals surface area (Å²) in [6.07, 6.45) is 0. The van der Waals surface area contributed by atoms with Crippen molar-refractivity contribution in [1.82, 2.24) is 0 Å². The van der Waals surface area contributed by atoms with Crippen LogP contribution in [0.5, 0.6) is 5.75 Å². The Bertz CT molecular complexity index is 633. The van der Waals surface area contributed by atoms with E-state index in [1.807, 2.05) is 12.1 Å². The van der Waals surface area contributed by atoms with Crippen LogP contribution < -0.4 is 4.74 Å². The fourth-order valence-electron chi connectivity index (χ4n) is 1.98. The maximum atomic E-state index is 11.2. The van der Waals surface area contributed by atoms with Crippen LogP contribution in [0.4, 0.5) is 0 Å². The molecule has 0 spiro atoms. The van der Waals surface area contributed by atoms with Gasteiger partial charge in [-0.3, -0.25) is 0 Å². The number of carboxylic acid groups (broad SMARTS) is 1. The second kappa shape index (κ2) is 6.76. The zero-order valence-corrected chi connectivity index (χ0v) is 13.6. The van der Waals surface area contributed by atoms with Crippen molar-refractivity contribution in [3.8, 4) is 5.75 Å². The van der Waals surface area contributed by atoms with E-state index in [0.29, 0.717) is 22.7 Å². The highest BCUT2D eigenvalue weighted by Crippen LogP contribution is 2.30. The van der Waals surface area contributed by atoms with Crippen molar-refractivity contribution in [2.24, 2.45) is 0 Å². The Balaban J connectivity index is 2.15. The molecule has 0 saturated carbocycles. The van der Waals surface area contributed by atoms with Crippen molar-refractivity contribution in [2.45, 2.75) is 26.4 Å². The molecule has 2 rings (SSSR count). The second-order valence-electron chi connectivity index (χ2n) is 5.11. The third kappa shape index (κ3) is 3.85. The Morgan fingerprint density at radius 1 is 1.19 bits per heavy atom. The SMILES string of the molecule is CC(C)c1ccc(COc2c(Br)cccc2C(=O)O)cc1. The maximum Gasteiger partial charge on any atom is 0.339 e. The number of rotatable bonds is 5. The molecule has 1 N–H and O–H groups in total. The molecule has 2 aromatic carbocycles. The zero-order valence-electron chi connectivity index (χ0n) is 12.0. The molecule has 0 aliphatic carbocycles. The van der Waals surface area contributed by atoms with Crippen molar-refractivity contribution < 1.29 is 14.6 Å². The molecular weight excluding hydrogens is 332 g/mol. The molecule has 0 bridgehead atoms. The summed E-state index contributed by atoms with van der Waals surface area (Å²) < 4.78 is 6.33. The van der Waals surface area contributed by atoms with Crippen molar-refractivity contribution in [3.05, 3.63) is 63.6 Å². The van der Waals surface area contributed by atoms with E-state index in [9.17, 15) is 9.90 Å². The van der Waals surface area contributed by atoms with Crippen LogP contribution in [0.15, 0.2) is 46.9 Å². The van der Waals surface area contributed by atoms with Crippen LogP contribution >= 0.6 is 15.9 Å². The third-order valence-electron chi connectivity index (χ3n) is 3.23. The number of para-hydroxylation sites is 1. The first-order valence-electron chi connectivity index (χ1n) is 6.72. The minimum atomic E-state index is -0.999. The number of benzene rings is 2. The van der Waals surface area contributed by atoms with Gasteiger partial charge in [0.15, 0.2) is 0 Å². The Morgan fingerprint density at radius 3 is 2.43 bits per heavy atom. The number of hydrogen-bond acceptors (Lipinski definition) is 2. The molecule has 110 valence electrons. The summed E-state index contributed by atoms with van der Waals surface area (Å²) >= 11 is 3.33. The summed E-state index contributed by atoms with van der Waals surface area (Å²) in [5.74, 6) is -0.152. The molecule has 21 heavy (non-hydrogen) atoms. The number of carboxylic acids is 1. The minimum Gasteiger partial charge on any atom is -0.487 e. The van der Waals surface area contributed by atoms with E-state index in [2.05, 4.69) is 41.9 Å². The largest absolute Gasteiger partial charge is 0.487 e. The summed E-state index contributed by atoms with van der Waals surface area (Å²) in [6.45, 7) is 4.62. The molecular formula is C17H17BrO3. The molecule has 0 saturated heterocycles. The predicted molar refractivity (Wildman–Crippen MR) is 86.0 cm³/mol. The number of halogens is 1. The minimum absolute atomic E-state index is 0.156. The lowest BCUT2D eigenvalue weighted by Gasteiger charge is -2.12. The number of hydrogen-bond donors (Lipinski definition) is 1. The highest BCUT2D eigenvalue weighted by atomic mass is 79.9. The van der Waals surface area contributed by atoms with E-state index in [-0.39, 0.29) is 5.56 Å². The van der Waals surface area contributed by atoms with E-state index in [4.69, 9.17) is 4.74 Å². The first-order valence-corrected chi connectivity index (χ1v) is 7.51. The van der Waals surface area contributed by atoms with E-state index in [1.165, 1.54) is 11.6 Å². The van der Waals surface area contributed by atoms with Crippen LogP contribution in [-0.2, 0) is 6.61 Å². The molecule has 0 aromatic heterocycles. The fraction of sp³-hybridized carbons (Fsp3) is 0.235. The van der Waals surface area contributed by atoms with Crippen molar-refractivity contribution in [1.29, 1.82) is 0 Å². The van der Waals surface area contributed by atoms with Crippen LogP contribution in [0.1, 0.15) is 41.3 Å². The Hall–Kier alpha value is -1.81. The summed E-state index contributed by atoms with van der Waals surface area (Å²) in [5.41, 5.74) is 2.43. The topological polar surface area (TPSA) is 46.5 Å². The van der Waals surface area contributed by atoms with E-state index in [1.54, 1.807) is 12.1 Å². The summed E-state index contributed by atoms with van der Waals surface area (Å²) in [7, 11) is 0. The molecule has 0 aliphatic rings. The van der Waals surface area contributed by atoms with Crippen molar-refractivity contribution in [3.63, 3.8) is 0 Å². The van der Waals surface area contributed by atoms with Crippen LogP contribution in [-0.4, -0.2) is 11.1 Å². The standard InChI is InChI=1S/C17H17BrO3/c1-11(2)13-8-6-12(7-9-13)10-21-16-14(17(19)20)4-3-5-15(16)18/h3-9,11H,10H2,1-2H3,(H,19,20). The second-order valence-corrected chi connectivity index (χ2v) is 5.96. The highest BCUT2D eigenvalue weighted by Gasteiger charge is 2.14. The van der Waals surface area contributed by atoms with Gasteiger partial charge in [0.25, 0.3) is 0 Å². The molecule has 0 fully saturated rings. The van der Waals surface area contributed by atoms with E-state index < -0.39 is 5.97 Å². The van der Waals surface area contributed by atoms with Gasteiger partial charge in [-0.05, 0) is 45.1 Å². The first-order chi connectivity index (χ1) is 9.99. The predicted octanol–water partition coefficient (Wildman–Crippen LogP) is 4.85. The lowest BCUT2D eigenvalue weighted by molar-refractivity contribution is 0.0691. The van der Waals surface area contributed by atoms with Crippen LogP contribution in [0.3, 0.4) is 0 Å². The van der Waals surface area contributed by atoms with Gasteiger partial charge in [-0.1, -0.05) is 44.2 Å². The highest BCUT2D eigenvalue weighted by molar-refractivity contribution is 9.10. The van der Waals surface area contributed by atoms with E-state index >= 15 is 0 Å². The van der Waals surface area contributed by atoms with Gasteiger partial charge in [-0.15, -0.1) is 0 Å². The van der Waals surface area contributed by atoms with Gasteiger partial charge in [0.1, 0.15) is 17.9 Å². The van der Waals surface area contributed by atoms with Crippen LogP contribution in [0.25, 0.3) is 0 Å². The Kier molecular flexibility index (Phi) is 5.02. The van der Waals surface area contributed by atoms with Crippen molar-refractivity contribution >= 4 is 21.9 Å². The van der Waals surface area contributed by atoms with Crippen LogP contribution in [0.2, 0.25) is 0 Å². The van der Waals surface area contributed by atoms with Gasteiger partial charge in [-0.2, -0.15) is 0 Å². The lowest BCUT2D eigenvalue weighted by Crippen LogP contribution is -2.04.